The topological polar surface area (TPSA) is 69.7 Å². The Bertz CT molecular complexity index is 788. The first-order valence-electron chi connectivity index (χ1n) is 8.16. The summed E-state index contributed by atoms with van der Waals surface area (Å²) in [4.78, 5) is 18.6. The second-order valence-corrected chi connectivity index (χ2v) is 7.16. The van der Waals surface area contributed by atoms with E-state index in [4.69, 9.17) is 14.2 Å². The molecule has 7 heteroatoms. The van der Waals surface area contributed by atoms with Gasteiger partial charge in [-0.3, -0.25) is 10.1 Å². The summed E-state index contributed by atoms with van der Waals surface area (Å²) in [5.74, 6) is 1.63. The monoisotopic (exact) mass is 362 g/mol. The number of amides is 1. The molecule has 0 aliphatic heterocycles. The third-order valence-corrected chi connectivity index (χ3v) is 5.39. The number of aryl methyl sites for hydroxylation is 1. The Labute approximate surface area is 151 Å². The Balaban J connectivity index is 1.87. The summed E-state index contributed by atoms with van der Waals surface area (Å²) in [6, 6.07) is 3.34. The molecule has 25 heavy (non-hydrogen) atoms. The van der Waals surface area contributed by atoms with E-state index in [-0.39, 0.29) is 5.91 Å². The van der Waals surface area contributed by atoms with Crippen LogP contribution in [-0.4, -0.2) is 32.2 Å². The maximum absolute atomic E-state index is 12.7. The summed E-state index contributed by atoms with van der Waals surface area (Å²) in [6.07, 6.45) is 3.15. The van der Waals surface area contributed by atoms with E-state index in [1.165, 1.54) is 26.2 Å². The van der Waals surface area contributed by atoms with Crippen molar-refractivity contribution >= 4 is 22.4 Å². The van der Waals surface area contributed by atoms with Gasteiger partial charge in [-0.1, -0.05) is 6.92 Å². The molecule has 1 heterocycles. The van der Waals surface area contributed by atoms with Crippen LogP contribution >= 0.6 is 11.3 Å². The van der Waals surface area contributed by atoms with Crippen molar-refractivity contribution in [2.45, 2.75) is 26.2 Å². The summed E-state index contributed by atoms with van der Waals surface area (Å²) >= 11 is 1.55. The van der Waals surface area contributed by atoms with E-state index in [0.717, 1.165) is 25.0 Å². The molecule has 2 aromatic rings. The van der Waals surface area contributed by atoms with Crippen LogP contribution in [0.4, 0.5) is 5.13 Å². The van der Waals surface area contributed by atoms with Crippen LogP contribution in [-0.2, 0) is 12.8 Å². The lowest BCUT2D eigenvalue weighted by Crippen LogP contribution is -2.14. The molecule has 1 aliphatic carbocycles. The molecular formula is C18H22N2O4S. The molecular weight excluding hydrogens is 340 g/mol. The van der Waals surface area contributed by atoms with Gasteiger partial charge in [0.2, 0.25) is 5.75 Å². The summed E-state index contributed by atoms with van der Waals surface area (Å²) in [5.41, 5.74) is 1.49. The van der Waals surface area contributed by atoms with Gasteiger partial charge in [0.1, 0.15) is 0 Å². The van der Waals surface area contributed by atoms with Gasteiger partial charge in [0.25, 0.3) is 5.91 Å². The van der Waals surface area contributed by atoms with E-state index in [9.17, 15) is 4.79 Å². The van der Waals surface area contributed by atoms with E-state index in [0.29, 0.717) is 33.9 Å². The van der Waals surface area contributed by atoms with Crippen LogP contribution in [0.15, 0.2) is 12.1 Å². The van der Waals surface area contributed by atoms with Crippen molar-refractivity contribution in [3.05, 3.63) is 28.3 Å². The summed E-state index contributed by atoms with van der Waals surface area (Å²) in [7, 11) is 4.55. The van der Waals surface area contributed by atoms with Crippen molar-refractivity contribution < 1.29 is 19.0 Å². The lowest BCUT2D eigenvalue weighted by molar-refractivity contribution is 0.102. The van der Waals surface area contributed by atoms with Crippen molar-refractivity contribution in [3.8, 4) is 17.2 Å². The van der Waals surface area contributed by atoms with Crippen LogP contribution in [0.25, 0.3) is 0 Å². The third kappa shape index (κ3) is 3.42. The molecule has 3 rings (SSSR count). The van der Waals surface area contributed by atoms with Crippen molar-refractivity contribution in [2.24, 2.45) is 5.92 Å². The van der Waals surface area contributed by atoms with Crippen LogP contribution in [0.3, 0.4) is 0 Å². The predicted molar refractivity (Wildman–Crippen MR) is 97.4 cm³/mol. The highest BCUT2D eigenvalue weighted by Crippen LogP contribution is 2.40. The number of nitrogens with zero attached hydrogens (tertiary/aromatic N) is 1. The first-order chi connectivity index (χ1) is 12.1. The number of nitrogens with one attached hydrogen (secondary N) is 1. The van der Waals surface area contributed by atoms with Crippen LogP contribution in [0.2, 0.25) is 0 Å². The number of methoxy groups -OCH3 is 3. The number of ether oxygens (including phenoxy) is 3. The fourth-order valence-electron chi connectivity index (χ4n) is 3.04. The van der Waals surface area contributed by atoms with Crippen LogP contribution in [0.5, 0.6) is 17.2 Å². The molecule has 0 bridgehead atoms. The summed E-state index contributed by atoms with van der Waals surface area (Å²) in [5, 5.41) is 3.51. The van der Waals surface area contributed by atoms with Crippen molar-refractivity contribution in [3.63, 3.8) is 0 Å². The molecule has 1 aromatic heterocycles. The van der Waals surface area contributed by atoms with Crippen molar-refractivity contribution in [2.75, 3.05) is 26.6 Å². The Morgan fingerprint density at radius 2 is 1.96 bits per heavy atom. The minimum absolute atomic E-state index is 0.281. The lowest BCUT2D eigenvalue weighted by Gasteiger charge is -2.15. The van der Waals surface area contributed by atoms with Gasteiger partial charge in [0.05, 0.1) is 32.6 Å². The number of carbonyl (C=O) groups excluding carboxylic acids is 1. The van der Waals surface area contributed by atoms with E-state index in [1.807, 2.05) is 0 Å². The van der Waals surface area contributed by atoms with Gasteiger partial charge in [-0.15, -0.1) is 11.3 Å². The molecule has 1 amide bonds. The van der Waals surface area contributed by atoms with Gasteiger partial charge in [-0.05, 0) is 37.3 Å². The number of hydrogen-bond donors (Lipinski definition) is 1. The number of anilines is 1. The number of rotatable bonds is 5. The highest BCUT2D eigenvalue weighted by atomic mass is 32.1. The van der Waals surface area contributed by atoms with Crippen LogP contribution < -0.4 is 19.5 Å². The fourth-order valence-corrected chi connectivity index (χ4v) is 4.20. The van der Waals surface area contributed by atoms with Gasteiger partial charge < -0.3 is 14.2 Å². The predicted octanol–water partition coefficient (Wildman–Crippen LogP) is 3.55. The SMILES string of the molecule is COc1ccc(C(=O)Nc2nc3c(s2)C[C@H](C)CC3)c(OC)c1OC. The minimum atomic E-state index is -0.281. The second kappa shape index (κ2) is 7.31. The van der Waals surface area contributed by atoms with Gasteiger partial charge in [0.15, 0.2) is 16.6 Å². The molecule has 0 unspecified atom stereocenters. The van der Waals surface area contributed by atoms with E-state index < -0.39 is 0 Å². The molecule has 134 valence electrons. The van der Waals surface area contributed by atoms with E-state index in [1.54, 1.807) is 23.5 Å². The Morgan fingerprint density at radius 3 is 2.64 bits per heavy atom. The number of thiazole rings is 1. The highest BCUT2D eigenvalue weighted by molar-refractivity contribution is 7.15. The molecule has 6 nitrogen and oxygen atoms in total. The van der Waals surface area contributed by atoms with E-state index in [2.05, 4.69) is 17.2 Å². The van der Waals surface area contributed by atoms with Crippen molar-refractivity contribution in [1.29, 1.82) is 0 Å². The highest BCUT2D eigenvalue weighted by Gasteiger charge is 2.23. The molecule has 0 saturated heterocycles. The third-order valence-electron chi connectivity index (χ3n) is 4.36. The smallest absolute Gasteiger partial charge is 0.261 e. The second-order valence-electron chi connectivity index (χ2n) is 6.07. The maximum Gasteiger partial charge on any atom is 0.261 e. The standard InChI is InChI=1S/C18H22N2O4S/c1-10-5-7-12-14(9-10)25-18(19-12)20-17(21)11-6-8-13(22-2)16(24-4)15(11)23-3/h6,8,10H,5,7,9H2,1-4H3,(H,19,20,21)/t10-/m1/s1. The number of carbonyl (C=O) groups is 1. The van der Waals surface area contributed by atoms with Gasteiger partial charge in [-0.25, -0.2) is 4.98 Å². The average Bonchev–Trinajstić information content (AvgIpc) is 3.01. The zero-order valence-electron chi connectivity index (χ0n) is 14.8. The lowest BCUT2D eigenvalue weighted by atomic mass is 9.93. The summed E-state index contributed by atoms with van der Waals surface area (Å²) < 4.78 is 16.0. The first-order valence-corrected chi connectivity index (χ1v) is 8.97. The summed E-state index contributed by atoms with van der Waals surface area (Å²) in [6.45, 7) is 2.25. The fraction of sp³-hybridized carbons (Fsp3) is 0.444. The Morgan fingerprint density at radius 1 is 1.20 bits per heavy atom. The zero-order valence-corrected chi connectivity index (χ0v) is 15.7. The maximum atomic E-state index is 12.7. The average molecular weight is 362 g/mol. The molecule has 1 N–H and O–H groups in total. The van der Waals surface area contributed by atoms with Gasteiger partial charge >= 0.3 is 0 Å². The Kier molecular flexibility index (Phi) is 5.13. The minimum Gasteiger partial charge on any atom is -0.493 e. The number of benzene rings is 1. The van der Waals surface area contributed by atoms with Crippen molar-refractivity contribution in [1.82, 2.24) is 4.98 Å². The van der Waals surface area contributed by atoms with Crippen LogP contribution in [0.1, 0.15) is 34.3 Å². The number of hydrogen-bond acceptors (Lipinski definition) is 6. The molecule has 0 fully saturated rings. The largest absolute Gasteiger partial charge is 0.493 e. The van der Waals surface area contributed by atoms with Gasteiger partial charge in [-0.2, -0.15) is 0 Å². The molecule has 0 radical (unpaired) electrons. The number of aromatic nitrogens is 1. The number of fused-ring (bicyclic) bond motifs is 1. The normalized spacial score (nSPS) is 16.1. The molecule has 0 saturated carbocycles. The molecule has 0 spiro atoms. The van der Waals surface area contributed by atoms with E-state index >= 15 is 0 Å². The molecule has 1 aliphatic rings. The van der Waals surface area contributed by atoms with Gasteiger partial charge in [0, 0.05) is 4.88 Å². The van der Waals surface area contributed by atoms with Crippen LogP contribution in [0, 0.1) is 5.92 Å². The molecule has 1 aromatic carbocycles. The quantitative estimate of drug-likeness (QED) is 0.881. The molecule has 1 atom stereocenters. The Hall–Kier alpha value is -2.28. The first kappa shape index (κ1) is 17.5. The zero-order chi connectivity index (χ0) is 18.0.